The third-order valence-corrected chi connectivity index (χ3v) is 3.81. The number of rotatable bonds is 5. The van der Waals surface area contributed by atoms with Crippen LogP contribution in [0.1, 0.15) is 24.1 Å². The van der Waals surface area contributed by atoms with Crippen LogP contribution in [0.2, 0.25) is 0 Å². The third kappa shape index (κ3) is 3.51. The summed E-state index contributed by atoms with van der Waals surface area (Å²) in [5.41, 5.74) is 1.81. The van der Waals surface area contributed by atoms with E-state index in [1.54, 1.807) is 13.2 Å². The summed E-state index contributed by atoms with van der Waals surface area (Å²) in [6.45, 7) is 2.16. The Kier molecular flexibility index (Phi) is 4.70. The Hall–Kier alpha value is -2.95. The van der Waals surface area contributed by atoms with E-state index in [0.29, 0.717) is 5.75 Å². The fourth-order valence-electron chi connectivity index (χ4n) is 2.50. The van der Waals surface area contributed by atoms with Gasteiger partial charge in [-0.1, -0.05) is 24.3 Å². The van der Waals surface area contributed by atoms with Crippen LogP contribution in [0.3, 0.4) is 0 Å². The number of para-hydroxylation sites is 1. The summed E-state index contributed by atoms with van der Waals surface area (Å²) in [5.74, 6) is 1.99. The van der Waals surface area contributed by atoms with Crippen LogP contribution in [-0.4, -0.2) is 19.8 Å². The predicted octanol–water partition coefficient (Wildman–Crippen LogP) is 3.31. The summed E-state index contributed by atoms with van der Waals surface area (Å²) < 4.78 is 15.9. The van der Waals surface area contributed by atoms with Crippen LogP contribution in [0.5, 0.6) is 17.2 Å². The first-order valence-electron chi connectivity index (χ1n) is 7.68. The standard InChI is InChI=1S/C19H19NO4/c1-13(15-7-9-17-18(11-15)24-12-23-17)20-19(21)10-8-14-5-3-4-6-16(14)22-2/h3-11,13H,12H2,1-2H3,(H,20,21). The summed E-state index contributed by atoms with van der Waals surface area (Å²) in [6.07, 6.45) is 3.24. The van der Waals surface area contributed by atoms with Crippen molar-refractivity contribution in [1.82, 2.24) is 5.32 Å². The lowest BCUT2D eigenvalue weighted by molar-refractivity contribution is -0.117. The van der Waals surface area contributed by atoms with Crippen molar-refractivity contribution in [3.05, 3.63) is 59.7 Å². The van der Waals surface area contributed by atoms with Crippen LogP contribution in [0.25, 0.3) is 6.08 Å². The first-order valence-corrected chi connectivity index (χ1v) is 7.68. The Labute approximate surface area is 140 Å². The topological polar surface area (TPSA) is 56.8 Å². The molecule has 2 aromatic carbocycles. The van der Waals surface area contributed by atoms with Gasteiger partial charge in [0.15, 0.2) is 11.5 Å². The van der Waals surface area contributed by atoms with Crippen LogP contribution >= 0.6 is 0 Å². The highest BCUT2D eigenvalue weighted by Crippen LogP contribution is 2.34. The van der Waals surface area contributed by atoms with Crippen LogP contribution in [0.4, 0.5) is 0 Å². The second-order valence-corrected chi connectivity index (χ2v) is 5.42. The molecule has 1 heterocycles. The molecule has 1 atom stereocenters. The monoisotopic (exact) mass is 325 g/mol. The van der Waals surface area contributed by atoms with E-state index in [2.05, 4.69) is 5.32 Å². The molecule has 0 bridgehead atoms. The molecular weight excluding hydrogens is 306 g/mol. The Morgan fingerprint density at radius 1 is 1.21 bits per heavy atom. The molecule has 1 N–H and O–H groups in total. The molecule has 1 aliphatic rings. The highest BCUT2D eigenvalue weighted by atomic mass is 16.7. The van der Waals surface area contributed by atoms with Crippen molar-refractivity contribution in [2.24, 2.45) is 0 Å². The largest absolute Gasteiger partial charge is 0.496 e. The van der Waals surface area contributed by atoms with Gasteiger partial charge in [-0.3, -0.25) is 4.79 Å². The molecule has 0 aliphatic carbocycles. The zero-order valence-electron chi connectivity index (χ0n) is 13.6. The lowest BCUT2D eigenvalue weighted by Gasteiger charge is -2.13. The SMILES string of the molecule is COc1ccccc1C=CC(=O)NC(C)c1ccc2c(c1)OCO2. The number of carbonyl (C=O) groups is 1. The number of amides is 1. The maximum absolute atomic E-state index is 12.1. The first kappa shape index (κ1) is 15.9. The van der Waals surface area contributed by atoms with Gasteiger partial charge in [-0.05, 0) is 36.8 Å². The fraction of sp³-hybridized carbons (Fsp3) is 0.211. The van der Waals surface area contributed by atoms with Crippen LogP contribution in [0, 0.1) is 0 Å². The zero-order valence-corrected chi connectivity index (χ0v) is 13.6. The molecule has 0 saturated heterocycles. The number of benzene rings is 2. The maximum atomic E-state index is 12.1. The van der Waals surface area contributed by atoms with Crippen LogP contribution < -0.4 is 19.5 Å². The molecule has 1 unspecified atom stereocenters. The third-order valence-electron chi connectivity index (χ3n) is 3.81. The normalized spacial score (nSPS) is 13.8. The van der Waals surface area contributed by atoms with Crippen molar-refractivity contribution in [3.63, 3.8) is 0 Å². The second-order valence-electron chi connectivity index (χ2n) is 5.42. The molecule has 0 aromatic heterocycles. The number of carbonyl (C=O) groups excluding carboxylic acids is 1. The molecule has 0 fully saturated rings. The number of methoxy groups -OCH3 is 1. The summed E-state index contributed by atoms with van der Waals surface area (Å²) in [7, 11) is 1.61. The molecule has 5 nitrogen and oxygen atoms in total. The van der Waals surface area contributed by atoms with Crippen molar-refractivity contribution in [1.29, 1.82) is 0 Å². The predicted molar refractivity (Wildman–Crippen MR) is 91.2 cm³/mol. The van der Waals surface area contributed by atoms with Gasteiger partial charge in [0, 0.05) is 11.6 Å². The number of hydrogen-bond acceptors (Lipinski definition) is 4. The highest BCUT2D eigenvalue weighted by Gasteiger charge is 2.16. The number of hydrogen-bond donors (Lipinski definition) is 1. The molecule has 1 amide bonds. The zero-order chi connectivity index (χ0) is 16.9. The smallest absolute Gasteiger partial charge is 0.244 e. The summed E-state index contributed by atoms with van der Waals surface area (Å²) in [5, 5.41) is 2.93. The van der Waals surface area contributed by atoms with E-state index in [4.69, 9.17) is 14.2 Å². The van der Waals surface area contributed by atoms with Gasteiger partial charge in [0.05, 0.1) is 13.2 Å². The molecule has 0 radical (unpaired) electrons. The van der Waals surface area contributed by atoms with E-state index >= 15 is 0 Å². The van der Waals surface area contributed by atoms with Crippen LogP contribution in [-0.2, 0) is 4.79 Å². The summed E-state index contributed by atoms with van der Waals surface area (Å²) in [6, 6.07) is 13.0. The Balaban J connectivity index is 1.65. The lowest BCUT2D eigenvalue weighted by atomic mass is 10.1. The quantitative estimate of drug-likeness (QED) is 0.857. The van der Waals surface area contributed by atoms with Gasteiger partial charge in [0.2, 0.25) is 12.7 Å². The van der Waals surface area contributed by atoms with Crippen molar-refractivity contribution >= 4 is 12.0 Å². The minimum Gasteiger partial charge on any atom is -0.496 e. The van der Waals surface area contributed by atoms with Gasteiger partial charge < -0.3 is 19.5 Å². The number of nitrogens with one attached hydrogen (secondary N) is 1. The van der Waals surface area contributed by atoms with E-state index < -0.39 is 0 Å². The lowest BCUT2D eigenvalue weighted by Crippen LogP contribution is -2.24. The van der Waals surface area contributed by atoms with E-state index in [1.807, 2.05) is 49.4 Å². The summed E-state index contributed by atoms with van der Waals surface area (Å²) in [4.78, 5) is 12.1. The molecule has 2 aromatic rings. The molecule has 124 valence electrons. The molecule has 24 heavy (non-hydrogen) atoms. The van der Waals surface area contributed by atoms with E-state index in [1.165, 1.54) is 6.08 Å². The summed E-state index contributed by atoms with van der Waals surface area (Å²) >= 11 is 0. The molecule has 3 rings (SSSR count). The fourth-order valence-corrected chi connectivity index (χ4v) is 2.50. The van der Waals surface area contributed by atoms with Gasteiger partial charge in [-0.15, -0.1) is 0 Å². The first-order chi connectivity index (χ1) is 11.7. The van der Waals surface area contributed by atoms with Gasteiger partial charge in [0.1, 0.15) is 5.75 Å². The van der Waals surface area contributed by atoms with E-state index in [0.717, 1.165) is 22.6 Å². The number of ether oxygens (including phenoxy) is 3. The molecule has 5 heteroatoms. The molecule has 0 spiro atoms. The second kappa shape index (κ2) is 7.08. The van der Waals surface area contributed by atoms with Crippen molar-refractivity contribution < 1.29 is 19.0 Å². The molecule has 1 aliphatic heterocycles. The van der Waals surface area contributed by atoms with Gasteiger partial charge >= 0.3 is 0 Å². The van der Waals surface area contributed by atoms with Crippen LogP contribution in [0.15, 0.2) is 48.5 Å². The highest BCUT2D eigenvalue weighted by molar-refractivity contribution is 5.92. The average Bonchev–Trinajstić information content (AvgIpc) is 3.07. The van der Waals surface area contributed by atoms with E-state index in [9.17, 15) is 4.79 Å². The van der Waals surface area contributed by atoms with Crippen molar-refractivity contribution in [2.75, 3.05) is 13.9 Å². The average molecular weight is 325 g/mol. The van der Waals surface area contributed by atoms with Gasteiger partial charge in [-0.25, -0.2) is 0 Å². The molecule has 0 saturated carbocycles. The van der Waals surface area contributed by atoms with Crippen molar-refractivity contribution in [2.45, 2.75) is 13.0 Å². The Morgan fingerprint density at radius 3 is 2.83 bits per heavy atom. The van der Waals surface area contributed by atoms with E-state index in [-0.39, 0.29) is 18.7 Å². The van der Waals surface area contributed by atoms with Crippen molar-refractivity contribution in [3.8, 4) is 17.2 Å². The van der Waals surface area contributed by atoms with Gasteiger partial charge in [0.25, 0.3) is 0 Å². The maximum Gasteiger partial charge on any atom is 0.244 e. The minimum atomic E-state index is -0.175. The Morgan fingerprint density at radius 2 is 2.00 bits per heavy atom. The molecular formula is C19H19NO4. The van der Waals surface area contributed by atoms with Gasteiger partial charge in [-0.2, -0.15) is 0 Å². The minimum absolute atomic E-state index is 0.144. The Bertz CT molecular complexity index is 770. The number of fused-ring (bicyclic) bond motifs is 1.